The quantitative estimate of drug-likeness (QED) is 0.839. The second kappa shape index (κ2) is 5.89. The summed E-state index contributed by atoms with van der Waals surface area (Å²) in [5, 5.41) is 3.65. The number of furan rings is 1. The fourth-order valence-electron chi connectivity index (χ4n) is 3.06. The summed E-state index contributed by atoms with van der Waals surface area (Å²) in [7, 11) is 0. The van der Waals surface area contributed by atoms with Crippen molar-refractivity contribution in [1.29, 1.82) is 0 Å². The maximum absolute atomic E-state index is 5.62. The number of nitrogens with one attached hydrogen (secondary N) is 1. The van der Waals surface area contributed by atoms with Crippen LogP contribution in [0.15, 0.2) is 22.8 Å². The maximum atomic E-state index is 5.62. The van der Waals surface area contributed by atoms with E-state index in [0.29, 0.717) is 6.04 Å². The molecule has 1 saturated heterocycles. The predicted molar refractivity (Wildman–Crippen MR) is 72.5 cm³/mol. The van der Waals surface area contributed by atoms with E-state index in [1.807, 2.05) is 6.07 Å². The standard InChI is InChI=1S/C15H24N2O/c1-2-9-17(8-1)14(15-7-4-10-18-15)12-16-11-13-5-3-6-13/h4,7,10,13-14,16H,1-3,5-6,8-9,11-12H2. The van der Waals surface area contributed by atoms with E-state index >= 15 is 0 Å². The zero-order chi connectivity index (χ0) is 12.2. The molecule has 1 aliphatic heterocycles. The van der Waals surface area contributed by atoms with Crippen LogP contribution in [-0.2, 0) is 0 Å². The number of likely N-dealkylation sites (tertiary alicyclic amines) is 1. The molecule has 0 radical (unpaired) electrons. The molecular formula is C15H24N2O. The molecule has 3 heteroatoms. The molecule has 0 aromatic carbocycles. The van der Waals surface area contributed by atoms with Crippen molar-refractivity contribution < 1.29 is 4.42 Å². The van der Waals surface area contributed by atoms with Crippen LogP contribution in [0.2, 0.25) is 0 Å². The van der Waals surface area contributed by atoms with Gasteiger partial charge in [-0.3, -0.25) is 4.90 Å². The van der Waals surface area contributed by atoms with E-state index in [-0.39, 0.29) is 0 Å². The van der Waals surface area contributed by atoms with Crippen molar-refractivity contribution in [2.45, 2.75) is 38.1 Å². The third kappa shape index (κ3) is 2.78. The summed E-state index contributed by atoms with van der Waals surface area (Å²) >= 11 is 0. The van der Waals surface area contributed by atoms with Gasteiger partial charge in [-0.1, -0.05) is 6.42 Å². The monoisotopic (exact) mass is 248 g/mol. The molecule has 1 unspecified atom stereocenters. The Morgan fingerprint density at radius 3 is 2.72 bits per heavy atom. The lowest BCUT2D eigenvalue weighted by molar-refractivity contribution is 0.201. The highest BCUT2D eigenvalue weighted by Gasteiger charge is 2.25. The van der Waals surface area contributed by atoms with Gasteiger partial charge in [-0.05, 0) is 63.4 Å². The second-order valence-electron chi connectivity index (χ2n) is 5.73. The fourth-order valence-corrected chi connectivity index (χ4v) is 3.06. The van der Waals surface area contributed by atoms with Crippen LogP contribution in [0.3, 0.4) is 0 Å². The normalized spacial score (nSPS) is 23.1. The molecule has 1 aliphatic carbocycles. The van der Waals surface area contributed by atoms with Crippen molar-refractivity contribution in [3.8, 4) is 0 Å². The van der Waals surface area contributed by atoms with Gasteiger partial charge in [0, 0.05) is 6.54 Å². The Balaban J connectivity index is 1.54. The van der Waals surface area contributed by atoms with Gasteiger partial charge in [0.2, 0.25) is 0 Å². The summed E-state index contributed by atoms with van der Waals surface area (Å²) in [6.45, 7) is 4.65. The Labute approximate surface area is 110 Å². The van der Waals surface area contributed by atoms with Crippen LogP contribution < -0.4 is 5.32 Å². The van der Waals surface area contributed by atoms with Crippen LogP contribution in [0.5, 0.6) is 0 Å². The molecule has 0 spiro atoms. The van der Waals surface area contributed by atoms with Crippen molar-refractivity contribution >= 4 is 0 Å². The fraction of sp³-hybridized carbons (Fsp3) is 0.733. The van der Waals surface area contributed by atoms with Gasteiger partial charge < -0.3 is 9.73 Å². The Kier molecular flexibility index (Phi) is 4.01. The smallest absolute Gasteiger partial charge is 0.122 e. The van der Waals surface area contributed by atoms with Gasteiger partial charge in [0.05, 0.1) is 12.3 Å². The van der Waals surface area contributed by atoms with Gasteiger partial charge in [-0.15, -0.1) is 0 Å². The molecule has 1 aromatic heterocycles. The molecule has 0 amide bonds. The molecule has 3 nitrogen and oxygen atoms in total. The Hall–Kier alpha value is -0.800. The average Bonchev–Trinajstić information content (AvgIpc) is 2.99. The second-order valence-corrected chi connectivity index (χ2v) is 5.73. The first kappa shape index (κ1) is 12.2. The zero-order valence-corrected chi connectivity index (χ0v) is 11.1. The Morgan fingerprint density at radius 2 is 2.11 bits per heavy atom. The number of hydrogen-bond donors (Lipinski definition) is 1. The first-order chi connectivity index (χ1) is 8.93. The van der Waals surface area contributed by atoms with Crippen LogP contribution >= 0.6 is 0 Å². The largest absolute Gasteiger partial charge is 0.468 e. The maximum Gasteiger partial charge on any atom is 0.122 e. The van der Waals surface area contributed by atoms with Gasteiger partial charge >= 0.3 is 0 Å². The van der Waals surface area contributed by atoms with Crippen LogP contribution in [-0.4, -0.2) is 31.1 Å². The van der Waals surface area contributed by atoms with Crippen molar-refractivity contribution in [3.63, 3.8) is 0 Å². The van der Waals surface area contributed by atoms with Gasteiger partial charge in [0.1, 0.15) is 5.76 Å². The van der Waals surface area contributed by atoms with E-state index in [4.69, 9.17) is 4.42 Å². The first-order valence-corrected chi connectivity index (χ1v) is 7.41. The highest BCUT2D eigenvalue weighted by atomic mass is 16.3. The van der Waals surface area contributed by atoms with E-state index in [1.54, 1.807) is 6.26 Å². The van der Waals surface area contributed by atoms with Gasteiger partial charge in [0.25, 0.3) is 0 Å². The SMILES string of the molecule is c1coc(C(CNCC2CCC2)N2CCCC2)c1. The summed E-state index contributed by atoms with van der Waals surface area (Å²) in [4.78, 5) is 2.56. The molecule has 100 valence electrons. The predicted octanol–water partition coefficient (Wildman–Crippen LogP) is 2.81. The molecule has 18 heavy (non-hydrogen) atoms. The molecular weight excluding hydrogens is 224 g/mol. The van der Waals surface area contributed by atoms with Crippen LogP contribution in [0, 0.1) is 5.92 Å². The number of hydrogen-bond acceptors (Lipinski definition) is 3. The van der Waals surface area contributed by atoms with E-state index in [1.165, 1.54) is 51.7 Å². The summed E-state index contributed by atoms with van der Waals surface area (Å²) in [5.41, 5.74) is 0. The molecule has 2 aliphatic rings. The molecule has 1 atom stereocenters. The number of rotatable bonds is 6. The van der Waals surface area contributed by atoms with Gasteiger partial charge in [-0.25, -0.2) is 0 Å². The Morgan fingerprint density at radius 1 is 1.28 bits per heavy atom. The lowest BCUT2D eigenvalue weighted by Gasteiger charge is -2.29. The third-order valence-corrected chi connectivity index (χ3v) is 4.45. The first-order valence-electron chi connectivity index (χ1n) is 7.41. The molecule has 1 N–H and O–H groups in total. The summed E-state index contributed by atoms with van der Waals surface area (Å²) in [6.07, 6.45) is 8.73. The number of nitrogens with zero attached hydrogens (tertiary/aromatic N) is 1. The van der Waals surface area contributed by atoms with Crippen molar-refractivity contribution in [2.24, 2.45) is 5.92 Å². The van der Waals surface area contributed by atoms with E-state index in [2.05, 4.69) is 16.3 Å². The summed E-state index contributed by atoms with van der Waals surface area (Å²) < 4.78 is 5.62. The van der Waals surface area contributed by atoms with Gasteiger partial charge in [-0.2, -0.15) is 0 Å². The minimum atomic E-state index is 0.433. The van der Waals surface area contributed by atoms with E-state index in [0.717, 1.165) is 18.2 Å². The minimum absolute atomic E-state index is 0.433. The van der Waals surface area contributed by atoms with Crippen molar-refractivity contribution in [3.05, 3.63) is 24.2 Å². The molecule has 1 aromatic rings. The summed E-state index contributed by atoms with van der Waals surface area (Å²) in [5.74, 6) is 2.05. The Bertz CT molecular complexity index is 339. The van der Waals surface area contributed by atoms with Crippen molar-refractivity contribution in [1.82, 2.24) is 10.2 Å². The highest BCUT2D eigenvalue weighted by Crippen LogP contribution is 2.27. The highest BCUT2D eigenvalue weighted by molar-refractivity contribution is 5.06. The summed E-state index contributed by atoms with van der Waals surface area (Å²) in [6, 6.07) is 4.56. The van der Waals surface area contributed by atoms with Crippen LogP contribution in [0.25, 0.3) is 0 Å². The lowest BCUT2D eigenvalue weighted by atomic mass is 9.85. The molecule has 1 saturated carbocycles. The molecule has 3 rings (SSSR count). The van der Waals surface area contributed by atoms with Crippen LogP contribution in [0.4, 0.5) is 0 Å². The van der Waals surface area contributed by atoms with E-state index in [9.17, 15) is 0 Å². The van der Waals surface area contributed by atoms with Gasteiger partial charge in [0.15, 0.2) is 0 Å². The lowest BCUT2D eigenvalue weighted by Crippen LogP contribution is -2.36. The van der Waals surface area contributed by atoms with Crippen molar-refractivity contribution in [2.75, 3.05) is 26.2 Å². The molecule has 0 bridgehead atoms. The third-order valence-electron chi connectivity index (χ3n) is 4.45. The molecule has 2 heterocycles. The average molecular weight is 248 g/mol. The topological polar surface area (TPSA) is 28.4 Å². The molecule has 2 fully saturated rings. The van der Waals surface area contributed by atoms with E-state index < -0.39 is 0 Å². The van der Waals surface area contributed by atoms with Crippen LogP contribution in [0.1, 0.15) is 43.9 Å². The minimum Gasteiger partial charge on any atom is -0.468 e. The zero-order valence-electron chi connectivity index (χ0n) is 11.1.